The molecule has 0 saturated carbocycles. The maximum Gasteiger partial charge on any atom is 0.102 e. The number of rotatable bonds is 3. The van der Waals surface area contributed by atoms with Gasteiger partial charge in [0.2, 0.25) is 0 Å². The fourth-order valence-corrected chi connectivity index (χ4v) is 1.27. The Morgan fingerprint density at radius 3 is 2.53 bits per heavy atom. The minimum Gasteiger partial charge on any atom is -0.354 e. The molecule has 0 amide bonds. The predicted molar refractivity (Wildman–Crippen MR) is 59.4 cm³/mol. The zero-order valence-electron chi connectivity index (χ0n) is 8.01. The smallest absolute Gasteiger partial charge is 0.102 e. The largest absolute Gasteiger partial charge is 0.354 e. The molecule has 15 heavy (non-hydrogen) atoms. The molecule has 2 aromatic rings. The van der Waals surface area contributed by atoms with Crippen LogP contribution >= 0.6 is 0 Å². The molecule has 3 N–H and O–H groups in total. The van der Waals surface area contributed by atoms with Crippen molar-refractivity contribution in [2.75, 3.05) is 10.8 Å². The van der Waals surface area contributed by atoms with E-state index in [1.54, 1.807) is 18.5 Å². The van der Waals surface area contributed by atoms with Crippen molar-refractivity contribution in [2.45, 2.75) is 0 Å². The highest BCUT2D eigenvalue weighted by atomic mass is 16.5. The second kappa shape index (κ2) is 4.43. The molecule has 0 aliphatic carbocycles. The molecule has 0 unspecified atom stereocenters. The van der Waals surface area contributed by atoms with E-state index in [0.717, 1.165) is 11.4 Å². The van der Waals surface area contributed by atoms with Gasteiger partial charge in [-0.15, -0.1) is 0 Å². The van der Waals surface area contributed by atoms with Crippen molar-refractivity contribution >= 4 is 17.1 Å². The van der Waals surface area contributed by atoms with Crippen LogP contribution in [-0.4, -0.2) is 10.2 Å². The molecular weight excluding hydrogens is 190 g/mol. The average Bonchev–Trinajstić information content (AvgIpc) is 2.31. The predicted octanol–water partition coefficient (Wildman–Crippen LogP) is 2.63. The van der Waals surface area contributed by atoms with Gasteiger partial charge in [-0.05, 0) is 18.2 Å². The first-order valence-corrected chi connectivity index (χ1v) is 4.56. The molecule has 76 valence electrons. The number of nitrogens with one attached hydrogen (secondary N) is 2. The van der Waals surface area contributed by atoms with Gasteiger partial charge in [0.15, 0.2) is 0 Å². The zero-order valence-corrected chi connectivity index (χ0v) is 8.01. The Hall–Kier alpha value is -2.07. The highest BCUT2D eigenvalue weighted by Gasteiger charge is 2.00. The molecule has 0 bridgehead atoms. The summed E-state index contributed by atoms with van der Waals surface area (Å²) >= 11 is 0. The molecule has 1 aromatic heterocycles. The van der Waals surface area contributed by atoms with Gasteiger partial charge in [0.25, 0.3) is 0 Å². The van der Waals surface area contributed by atoms with Crippen LogP contribution < -0.4 is 10.8 Å². The van der Waals surface area contributed by atoms with Gasteiger partial charge in [0.05, 0.1) is 11.9 Å². The van der Waals surface area contributed by atoms with E-state index in [4.69, 9.17) is 5.21 Å². The van der Waals surface area contributed by atoms with Crippen molar-refractivity contribution in [2.24, 2.45) is 0 Å². The Morgan fingerprint density at radius 1 is 1.00 bits per heavy atom. The normalized spacial score (nSPS) is 9.67. The monoisotopic (exact) mass is 201 g/mol. The lowest BCUT2D eigenvalue weighted by molar-refractivity contribution is 0.389. The number of para-hydroxylation sites is 1. The summed E-state index contributed by atoms with van der Waals surface area (Å²) in [7, 11) is 0. The summed E-state index contributed by atoms with van der Waals surface area (Å²) in [5.41, 5.74) is 4.37. The van der Waals surface area contributed by atoms with Crippen LogP contribution in [0.15, 0.2) is 48.8 Å². The van der Waals surface area contributed by atoms with Gasteiger partial charge in [0.1, 0.15) is 5.69 Å². The van der Waals surface area contributed by atoms with Gasteiger partial charge >= 0.3 is 0 Å². The van der Waals surface area contributed by atoms with Gasteiger partial charge in [-0.3, -0.25) is 15.7 Å². The zero-order chi connectivity index (χ0) is 10.5. The molecule has 1 heterocycles. The third kappa shape index (κ3) is 2.24. The number of hydrogen-bond acceptors (Lipinski definition) is 4. The van der Waals surface area contributed by atoms with Crippen molar-refractivity contribution < 1.29 is 5.21 Å². The standard InChI is InChI=1S/C11H11N3O/c15-14-11-8-12-7-6-10(11)13-9-4-2-1-3-5-9/h1-8,14-15H,(H,12,13). The van der Waals surface area contributed by atoms with E-state index in [-0.39, 0.29) is 0 Å². The number of pyridine rings is 1. The molecule has 0 aliphatic rings. The second-order valence-electron chi connectivity index (χ2n) is 3.02. The Labute approximate surface area is 87.6 Å². The summed E-state index contributed by atoms with van der Waals surface area (Å²) in [6.45, 7) is 0. The SMILES string of the molecule is ONc1cnccc1Nc1ccccc1. The summed E-state index contributed by atoms with van der Waals surface area (Å²) in [6.07, 6.45) is 3.21. The number of aromatic nitrogens is 1. The highest BCUT2D eigenvalue weighted by molar-refractivity contribution is 5.72. The Bertz CT molecular complexity index is 431. The van der Waals surface area contributed by atoms with Crippen LogP contribution in [-0.2, 0) is 0 Å². The second-order valence-corrected chi connectivity index (χ2v) is 3.02. The molecule has 4 nitrogen and oxygen atoms in total. The fraction of sp³-hybridized carbons (Fsp3) is 0. The van der Waals surface area contributed by atoms with Crippen LogP contribution in [0.3, 0.4) is 0 Å². The van der Waals surface area contributed by atoms with Crippen LogP contribution in [0.2, 0.25) is 0 Å². The van der Waals surface area contributed by atoms with Crippen molar-refractivity contribution in [1.29, 1.82) is 0 Å². The first-order valence-electron chi connectivity index (χ1n) is 4.56. The summed E-state index contributed by atoms with van der Waals surface area (Å²) < 4.78 is 0. The van der Waals surface area contributed by atoms with Gasteiger partial charge in [-0.2, -0.15) is 0 Å². The first kappa shape index (κ1) is 9.48. The quantitative estimate of drug-likeness (QED) is 0.668. The van der Waals surface area contributed by atoms with E-state index < -0.39 is 0 Å². The van der Waals surface area contributed by atoms with Gasteiger partial charge in [-0.25, -0.2) is 0 Å². The topological polar surface area (TPSA) is 57.2 Å². The van der Waals surface area contributed by atoms with Crippen LogP contribution in [0.1, 0.15) is 0 Å². The molecule has 4 heteroatoms. The van der Waals surface area contributed by atoms with Gasteiger partial charge < -0.3 is 5.32 Å². The number of hydrogen-bond donors (Lipinski definition) is 3. The third-order valence-corrected chi connectivity index (χ3v) is 1.99. The molecule has 2 rings (SSSR count). The molecule has 0 radical (unpaired) electrons. The lowest BCUT2D eigenvalue weighted by Gasteiger charge is -2.09. The minimum absolute atomic E-state index is 0.543. The van der Waals surface area contributed by atoms with E-state index in [2.05, 4.69) is 15.8 Å². The molecule has 0 atom stereocenters. The van der Waals surface area contributed by atoms with E-state index in [0.29, 0.717) is 5.69 Å². The average molecular weight is 201 g/mol. The molecule has 0 aliphatic heterocycles. The maximum atomic E-state index is 8.87. The number of nitrogens with zero attached hydrogens (tertiary/aromatic N) is 1. The summed E-state index contributed by atoms with van der Waals surface area (Å²) in [6, 6.07) is 11.5. The van der Waals surface area contributed by atoms with Crippen molar-refractivity contribution in [3.8, 4) is 0 Å². The highest BCUT2D eigenvalue weighted by Crippen LogP contribution is 2.23. The summed E-state index contributed by atoms with van der Waals surface area (Å²) in [5, 5.41) is 12.0. The molecule has 0 spiro atoms. The Morgan fingerprint density at radius 2 is 1.80 bits per heavy atom. The molecule has 0 fully saturated rings. The van der Waals surface area contributed by atoms with Crippen molar-refractivity contribution in [3.63, 3.8) is 0 Å². The van der Waals surface area contributed by atoms with Crippen LogP contribution in [0.4, 0.5) is 17.1 Å². The van der Waals surface area contributed by atoms with E-state index >= 15 is 0 Å². The molecule has 1 aromatic carbocycles. The Balaban J connectivity index is 2.24. The minimum atomic E-state index is 0.543. The van der Waals surface area contributed by atoms with Gasteiger partial charge in [-0.1, -0.05) is 18.2 Å². The van der Waals surface area contributed by atoms with E-state index in [1.807, 2.05) is 30.3 Å². The fourth-order valence-electron chi connectivity index (χ4n) is 1.27. The summed E-state index contributed by atoms with van der Waals surface area (Å²) in [4.78, 5) is 3.90. The number of benzene rings is 1. The van der Waals surface area contributed by atoms with Crippen LogP contribution in [0, 0.1) is 0 Å². The summed E-state index contributed by atoms with van der Waals surface area (Å²) in [5.74, 6) is 0. The van der Waals surface area contributed by atoms with E-state index in [9.17, 15) is 0 Å². The number of anilines is 3. The van der Waals surface area contributed by atoms with Crippen molar-refractivity contribution in [3.05, 3.63) is 48.8 Å². The maximum absolute atomic E-state index is 8.87. The van der Waals surface area contributed by atoms with Gasteiger partial charge in [0, 0.05) is 11.9 Å². The lowest BCUT2D eigenvalue weighted by Crippen LogP contribution is -1.97. The molecular formula is C11H11N3O. The Kier molecular flexibility index (Phi) is 2.80. The van der Waals surface area contributed by atoms with Crippen LogP contribution in [0.25, 0.3) is 0 Å². The van der Waals surface area contributed by atoms with Crippen LogP contribution in [0.5, 0.6) is 0 Å². The van der Waals surface area contributed by atoms with E-state index in [1.165, 1.54) is 0 Å². The first-order chi connectivity index (χ1) is 7.40. The lowest BCUT2D eigenvalue weighted by atomic mass is 10.3. The van der Waals surface area contributed by atoms with Crippen molar-refractivity contribution in [1.82, 2.24) is 4.98 Å². The third-order valence-electron chi connectivity index (χ3n) is 1.99. The molecule has 0 saturated heterocycles.